The van der Waals surface area contributed by atoms with Crippen LogP contribution in [0.3, 0.4) is 0 Å². The molecule has 3 aromatic rings. The average Bonchev–Trinajstić information content (AvgIpc) is 2.98. The van der Waals surface area contributed by atoms with Gasteiger partial charge < -0.3 is 10.2 Å². The maximum atomic E-state index is 5.82. The molecule has 0 atom stereocenters. The Morgan fingerprint density at radius 2 is 1.95 bits per heavy atom. The summed E-state index contributed by atoms with van der Waals surface area (Å²) in [4.78, 5) is 5.50. The van der Waals surface area contributed by atoms with E-state index in [0.29, 0.717) is 5.75 Å². The lowest BCUT2D eigenvalue weighted by molar-refractivity contribution is 0.530. The van der Waals surface area contributed by atoms with E-state index in [2.05, 4.69) is 11.1 Å². The summed E-state index contributed by atoms with van der Waals surface area (Å²) in [6.07, 6.45) is 1.78. The van der Waals surface area contributed by atoms with Crippen LogP contribution in [0, 0.1) is 6.92 Å². The van der Waals surface area contributed by atoms with Crippen molar-refractivity contribution in [2.24, 2.45) is 0 Å². The molecule has 106 valence electrons. The minimum absolute atomic E-state index is 0.705. The van der Waals surface area contributed by atoms with Crippen LogP contribution in [0.25, 0.3) is 11.3 Å². The molecule has 3 nitrogen and oxygen atoms in total. The monoisotopic (exact) mass is 296 g/mol. The molecule has 0 fully saturated rings. The van der Waals surface area contributed by atoms with Gasteiger partial charge in [-0.15, -0.1) is 11.8 Å². The lowest BCUT2D eigenvalue weighted by Gasteiger charge is -2.03. The number of aromatic nitrogens is 1. The predicted molar refractivity (Wildman–Crippen MR) is 87.1 cm³/mol. The number of thioether (sulfide) groups is 1. The van der Waals surface area contributed by atoms with E-state index < -0.39 is 0 Å². The van der Waals surface area contributed by atoms with E-state index in [9.17, 15) is 0 Å². The Kier molecular flexibility index (Phi) is 3.97. The Balaban J connectivity index is 1.69. The van der Waals surface area contributed by atoms with Crippen molar-refractivity contribution in [2.75, 3.05) is 5.73 Å². The second-order valence-corrected chi connectivity index (χ2v) is 5.84. The number of anilines is 1. The minimum Gasteiger partial charge on any atom is -0.440 e. The minimum atomic E-state index is 0.705. The van der Waals surface area contributed by atoms with Crippen LogP contribution in [0.5, 0.6) is 0 Å². The molecule has 21 heavy (non-hydrogen) atoms. The Bertz CT molecular complexity index is 738. The Hall–Kier alpha value is -2.20. The zero-order valence-electron chi connectivity index (χ0n) is 11.7. The summed E-state index contributed by atoms with van der Waals surface area (Å²) in [5, 5.41) is 0. The number of hydrogen-bond acceptors (Lipinski definition) is 4. The molecule has 0 bridgehead atoms. The third-order valence-corrected chi connectivity index (χ3v) is 4.19. The number of rotatable bonds is 4. The van der Waals surface area contributed by atoms with Crippen molar-refractivity contribution in [1.29, 1.82) is 0 Å². The smallest absolute Gasteiger partial charge is 0.205 e. The molecule has 1 aromatic heterocycles. The van der Waals surface area contributed by atoms with Gasteiger partial charge in [0.2, 0.25) is 5.89 Å². The first kappa shape index (κ1) is 13.8. The fourth-order valence-corrected chi connectivity index (χ4v) is 2.84. The van der Waals surface area contributed by atoms with Crippen molar-refractivity contribution < 1.29 is 4.42 Å². The first-order valence-corrected chi connectivity index (χ1v) is 7.70. The van der Waals surface area contributed by atoms with E-state index >= 15 is 0 Å². The highest BCUT2D eigenvalue weighted by Crippen LogP contribution is 2.27. The van der Waals surface area contributed by atoms with Crippen molar-refractivity contribution in [3.8, 4) is 11.3 Å². The standard InChI is InChI=1S/C17H16N2OS/c1-12-9-14(7-8-15(12)18)21-11-17-19-10-16(20-17)13-5-3-2-4-6-13/h2-10H,11,18H2,1H3. The van der Waals surface area contributed by atoms with Crippen molar-refractivity contribution >= 4 is 17.4 Å². The quantitative estimate of drug-likeness (QED) is 0.568. The fourth-order valence-electron chi connectivity index (χ4n) is 2.00. The molecule has 0 radical (unpaired) electrons. The summed E-state index contributed by atoms with van der Waals surface area (Å²) < 4.78 is 5.79. The Morgan fingerprint density at radius 3 is 2.71 bits per heavy atom. The molecule has 2 aromatic carbocycles. The predicted octanol–water partition coefficient (Wildman–Crippen LogP) is 4.52. The first-order valence-electron chi connectivity index (χ1n) is 6.71. The van der Waals surface area contributed by atoms with Gasteiger partial charge in [0.15, 0.2) is 5.76 Å². The molecule has 0 aliphatic heterocycles. The van der Waals surface area contributed by atoms with Gasteiger partial charge in [0.1, 0.15) is 0 Å². The van der Waals surface area contributed by atoms with Crippen LogP contribution in [0.4, 0.5) is 5.69 Å². The van der Waals surface area contributed by atoms with Crippen molar-refractivity contribution in [1.82, 2.24) is 4.98 Å². The van der Waals surface area contributed by atoms with Gasteiger partial charge in [0, 0.05) is 16.1 Å². The normalized spacial score (nSPS) is 10.7. The second-order valence-electron chi connectivity index (χ2n) is 4.79. The highest BCUT2D eigenvalue weighted by atomic mass is 32.2. The fraction of sp³-hybridized carbons (Fsp3) is 0.118. The van der Waals surface area contributed by atoms with Crippen molar-refractivity contribution in [3.05, 3.63) is 66.2 Å². The van der Waals surface area contributed by atoms with E-state index in [1.165, 1.54) is 4.90 Å². The van der Waals surface area contributed by atoms with E-state index in [0.717, 1.165) is 28.5 Å². The third kappa shape index (κ3) is 3.28. The average molecular weight is 296 g/mol. The van der Waals surface area contributed by atoms with Gasteiger partial charge >= 0.3 is 0 Å². The molecule has 3 rings (SSSR count). The van der Waals surface area contributed by atoms with Crippen LogP contribution >= 0.6 is 11.8 Å². The summed E-state index contributed by atoms with van der Waals surface area (Å²) >= 11 is 1.69. The largest absolute Gasteiger partial charge is 0.440 e. The lowest BCUT2D eigenvalue weighted by Crippen LogP contribution is -1.89. The van der Waals surface area contributed by atoms with E-state index in [1.54, 1.807) is 18.0 Å². The molecule has 2 N–H and O–H groups in total. The van der Waals surface area contributed by atoms with Gasteiger partial charge in [-0.2, -0.15) is 0 Å². The SMILES string of the molecule is Cc1cc(SCc2ncc(-c3ccccc3)o2)ccc1N. The van der Waals surface area contributed by atoms with Crippen molar-refractivity contribution in [2.45, 2.75) is 17.6 Å². The number of nitrogens with zero attached hydrogens (tertiary/aromatic N) is 1. The van der Waals surface area contributed by atoms with Crippen molar-refractivity contribution in [3.63, 3.8) is 0 Å². The summed E-state index contributed by atoms with van der Waals surface area (Å²) in [7, 11) is 0. The number of nitrogen functional groups attached to an aromatic ring is 1. The van der Waals surface area contributed by atoms with Crippen LogP contribution < -0.4 is 5.73 Å². The highest BCUT2D eigenvalue weighted by molar-refractivity contribution is 7.98. The molecular formula is C17H16N2OS. The van der Waals surface area contributed by atoms with Gasteiger partial charge in [-0.25, -0.2) is 4.98 Å². The van der Waals surface area contributed by atoms with Crippen LogP contribution in [0.2, 0.25) is 0 Å². The number of nitrogens with two attached hydrogens (primary N) is 1. The van der Waals surface area contributed by atoms with E-state index in [-0.39, 0.29) is 0 Å². The molecule has 0 spiro atoms. The number of hydrogen-bond donors (Lipinski definition) is 1. The summed E-state index contributed by atoms with van der Waals surface area (Å²) in [6.45, 7) is 2.01. The molecule has 0 aliphatic rings. The number of aryl methyl sites for hydroxylation is 1. The molecule has 0 saturated carbocycles. The summed E-state index contributed by atoms with van der Waals surface area (Å²) in [5.41, 5.74) is 8.79. The van der Waals surface area contributed by atoms with Gasteiger partial charge in [-0.3, -0.25) is 0 Å². The molecule has 0 amide bonds. The van der Waals surface area contributed by atoms with Crippen LogP contribution in [-0.4, -0.2) is 4.98 Å². The molecule has 0 saturated heterocycles. The van der Waals surface area contributed by atoms with Crippen LogP contribution in [0.1, 0.15) is 11.5 Å². The van der Waals surface area contributed by atoms with Gasteiger partial charge in [-0.1, -0.05) is 30.3 Å². The summed E-state index contributed by atoms with van der Waals surface area (Å²) in [5.74, 6) is 2.24. The third-order valence-electron chi connectivity index (χ3n) is 3.22. The molecular weight excluding hydrogens is 280 g/mol. The topological polar surface area (TPSA) is 52.0 Å². The van der Waals surface area contributed by atoms with E-state index in [1.807, 2.05) is 49.4 Å². The molecule has 4 heteroatoms. The Morgan fingerprint density at radius 1 is 1.14 bits per heavy atom. The second kappa shape index (κ2) is 6.06. The van der Waals surface area contributed by atoms with Gasteiger partial charge in [0.25, 0.3) is 0 Å². The zero-order valence-corrected chi connectivity index (χ0v) is 12.6. The Labute approximate surface area is 128 Å². The molecule has 0 unspecified atom stereocenters. The molecule has 0 aliphatic carbocycles. The van der Waals surface area contributed by atoms with Crippen LogP contribution in [-0.2, 0) is 5.75 Å². The first-order chi connectivity index (χ1) is 10.2. The number of oxazole rings is 1. The zero-order chi connectivity index (χ0) is 14.7. The lowest BCUT2D eigenvalue weighted by atomic mass is 10.2. The van der Waals surface area contributed by atoms with Crippen LogP contribution in [0.15, 0.2) is 64.0 Å². The highest BCUT2D eigenvalue weighted by Gasteiger charge is 2.07. The van der Waals surface area contributed by atoms with Gasteiger partial charge in [-0.05, 0) is 30.7 Å². The maximum absolute atomic E-state index is 5.82. The van der Waals surface area contributed by atoms with E-state index in [4.69, 9.17) is 10.2 Å². The number of benzene rings is 2. The summed E-state index contributed by atoms with van der Waals surface area (Å²) in [6, 6.07) is 16.0. The van der Waals surface area contributed by atoms with Gasteiger partial charge in [0.05, 0.1) is 11.9 Å². The maximum Gasteiger partial charge on any atom is 0.205 e. The molecule has 1 heterocycles.